The van der Waals surface area contributed by atoms with Gasteiger partial charge in [-0.25, -0.2) is 4.98 Å². The largest absolute Gasteiger partial charge is 0.345 e. The summed E-state index contributed by atoms with van der Waals surface area (Å²) < 4.78 is 0. The summed E-state index contributed by atoms with van der Waals surface area (Å²) in [6, 6.07) is 0. The maximum atomic E-state index is 4.41. The zero-order chi connectivity index (χ0) is 11.0. The topological polar surface area (TPSA) is 28.7 Å². The fourth-order valence-corrected chi connectivity index (χ4v) is 1.34. The normalized spacial score (nSPS) is 13.3. The van der Waals surface area contributed by atoms with Gasteiger partial charge in [0.15, 0.2) is 0 Å². The molecule has 0 unspecified atom stereocenters. The zero-order valence-electron chi connectivity index (χ0n) is 10.2. The lowest BCUT2D eigenvalue weighted by Gasteiger charge is -2.17. The van der Waals surface area contributed by atoms with Crippen LogP contribution in [0.4, 0.5) is 0 Å². The molecule has 0 amide bonds. The van der Waals surface area contributed by atoms with Gasteiger partial charge in [0.25, 0.3) is 0 Å². The lowest BCUT2D eigenvalue weighted by molar-refractivity contribution is 0.401. The number of imidazole rings is 1. The summed E-state index contributed by atoms with van der Waals surface area (Å²) in [5.74, 6) is 1.10. The molecule has 2 nitrogen and oxygen atoms in total. The van der Waals surface area contributed by atoms with E-state index in [1.54, 1.807) is 0 Å². The fourth-order valence-electron chi connectivity index (χ4n) is 1.34. The molecular weight excluding hydrogens is 172 g/mol. The van der Waals surface area contributed by atoms with Crippen LogP contribution in [0, 0.1) is 5.41 Å². The minimum absolute atomic E-state index is 0.170. The lowest BCUT2D eigenvalue weighted by atomic mass is 9.91. The van der Waals surface area contributed by atoms with Crippen LogP contribution in [0.5, 0.6) is 0 Å². The van der Waals surface area contributed by atoms with Crippen molar-refractivity contribution in [2.75, 3.05) is 0 Å². The molecule has 1 N–H and O–H groups in total. The van der Waals surface area contributed by atoms with Crippen molar-refractivity contribution in [2.45, 2.75) is 53.4 Å². The lowest BCUT2D eigenvalue weighted by Crippen LogP contribution is -2.13. The van der Waals surface area contributed by atoms with Crippen LogP contribution in [0.2, 0.25) is 0 Å². The third-order valence-electron chi connectivity index (χ3n) is 2.13. The second-order valence-electron chi connectivity index (χ2n) is 6.23. The third-order valence-corrected chi connectivity index (χ3v) is 2.13. The Balaban J connectivity index is 2.79. The molecule has 0 spiro atoms. The van der Waals surface area contributed by atoms with Crippen LogP contribution < -0.4 is 0 Å². The van der Waals surface area contributed by atoms with Gasteiger partial charge >= 0.3 is 0 Å². The van der Waals surface area contributed by atoms with Crippen molar-refractivity contribution in [3.05, 3.63) is 17.7 Å². The van der Waals surface area contributed by atoms with Gasteiger partial charge in [-0.15, -0.1) is 0 Å². The number of aromatic nitrogens is 2. The standard InChI is InChI=1S/C12H22N2/c1-11(2,3)7-10-13-8-9(14-10)12(4,5)6/h8H,7H2,1-6H3,(H,13,14). The molecule has 0 saturated heterocycles. The van der Waals surface area contributed by atoms with E-state index in [4.69, 9.17) is 0 Å². The Hall–Kier alpha value is -0.790. The molecule has 1 rings (SSSR count). The Bertz CT molecular complexity index is 297. The Labute approximate surface area is 87.1 Å². The number of hydrogen-bond acceptors (Lipinski definition) is 1. The second-order valence-corrected chi connectivity index (χ2v) is 6.23. The van der Waals surface area contributed by atoms with Crippen molar-refractivity contribution in [2.24, 2.45) is 5.41 Å². The van der Waals surface area contributed by atoms with E-state index in [-0.39, 0.29) is 5.41 Å². The van der Waals surface area contributed by atoms with Gasteiger partial charge in [0.1, 0.15) is 5.82 Å². The first-order chi connectivity index (χ1) is 6.18. The van der Waals surface area contributed by atoms with E-state index in [9.17, 15) is 0 Å². The minimum atomic E-state index is 0.170. The molecule has 0 aliphatic heterocycles. The maximum absolute atomic E-state index is 4.41. The highest BCUT2D eigenvalue weighted by atomic mass is 14.9. The Morgan fingerprint density at radius 1 is 1.14 bits per heavy atom. The molecule has 0 aromatic carbocycles. The molecule has 0 radical (unpaired) electrons. The molecule has 0 atom stereocenters. The van der Waals surface area contributed by atoms with Gasteiger partial charge in [0.05, 0.1) is 0 Å². The summed E-state index contributed by atoms with van der Waals surface area (Å²) in [6.45, 7) is 13.3. The van der Waals surface area contributed by atoms with E-state index in [1.165, 1.54) is 5.69 Å². The molecule has 1 aromatic rings. The summed E-state index contributed by atoms with van der Waals surface area (Å²) in [5, 5.41) is 0. The molecule has 1 heterocycles. The highest BCUT2D eigenvalue weighted by molar-refractivity contribution is 5.11. The van der Waals surface area contributed by atoms with E-state index >= 15 is 0 Å². The van der Waals surface area contributed by atoms with E-state index < -0.39 is 0 Å². The predicted octanol–water partition coefficient (Wildman–Crippen LogP) is 3.30. The van der Waals surface area contributed by atoms with Crippen LogP contribution in [0.25, 0.3) is 0 Å². The van der Waals surface area contributed by atoms with Crippen molar-refractivity contribution < 1.29 is 0 Å². The molecule has 80 valence electrons. The summed E-state index contributed by atoms with van der Waals surface area (Å²) in [7, 11) is 0. The van der Waals surface area contributed by atoms with Crippen LogP contribution in [0.1, 0.15) is 53.1 Å². The number of H-pyrrole nitrogens is 1. The van der Waals surface area contributed by atoms with E-state index in [0.717, 1.165) is 12.2 Å². The van der Waals surface area contributed by atoms with Crippen LogP contribution in [0.3, 0.4) is 0 Å². The van der Waals surface area contributed by atoms with Gasteiger partial charge in [-0.2, -0.15) is 0 Å². The van der Waals surface area contributed by atoms with Gasteiger partial charge in [-0.05, 0) is 5.41 Å². The Morgan fingerprint density at radius 3 is 2.07 bits per heavy atom. The van der Waals surface area contributed by atoms with Crippen LogP contribution >= 0.6 is 0 Å². The third kappa shape index (κ3) is 3.17. The highest BCUT2D eigenvalue weighted by Gasteiger charge is 2.18. The van der Waals surface area contributed by atoms with Crippen molar-refractivity contribution in [3.63, 3.8) is 0 Å². The molecular formula is C12H22N2. The van der Waals surface area contributed by atoms with Crippen LogP contribution in [-0.2, 0) is 11.8 Å². The predicted molar refractivity (Wildman–Crippen MR) is 60.4 cm³/mol. The maximum Gasteiger partial charge on any atom is 0.106 e. The van der Waals surface area contributed by atoms with Crippen molar-refractivity contribution in [3.8, 4) is 0 Å². The highest BCUT2D eigenvalue weighted by Crippen LogP contribution is 2.23. The summed E-state index contributed by atoms with van der Waals surface area (Å²) >= 11 is 0. The average molecular weight is 194 g/mol. The second kappa shape index (κ2) is 3.41. The monoisotopic (exact) mass is 194 g/mol. The fraction of sp³-hybridized carbons (Fsp3) is 0.750. The molecule has 0 fully saturated rings. The number of rotatable bonds is 1. The number of nitrogens with zero attached hydrogens (tertiary/aromatic N) is 1. The molecule has 0 aliphatic carbocycles. The molecule has 0 bridgehead atoms. The molecule has 2 heteroatoms. The summed E-state index contributed by atoms with van der Waals surface area (Å²) in [4.78, 5) is 7.81. The van der Waals surface area contributed by atoms with Crippen molar-refractivity contribution in [1.29, 1.82) is 0 Å². The quantitative estimate of drug-likeness (QED) is 0.730. The summed E-state index contributed by atoms with van der Waals surface area (Å²) in [6.07, 6.45) is 2.96. The van der Waals surface area contributed by atoms with E-state index in [0.29, 0.717) is 5.41 Å². The van der Waals surface area contributed by atoms with Gasteiger partial charge < -0.3 is 4.98 Å². The smallest absolute Gasteiger partial charge is 0.106 e. The molecule has 1 aromatic heterocycles. The molecule has 14 heavy (non-hydrogen) atoms. The summed E-state index contributed by atoms with van der Waals surface area (Å²) in [5.41, 5.74) is 1.69. The van der Waals surface area contributed by atoms with Gasteiger partial charge in [-0.1, -0.05) is 41.5 Å². The first-order valence-corrected chi connectivity index (χ1v) is 5.23. The SMILES string of the molecule is CC(C)(C)Cc1ncc(C(C)(C)C)[nH]1. The number of hydrogen-bond donors (Lipinski definition) is 1. The van der Waals surface area contributed by atoms with Crippen LogP contribution in [0.15, 0.2) is 6.20 Å². The van der Waals surface area contributed by atoms with E-state index in [2.05, 4.69) is 51.5 Å². The van der Waals surface area contributed by atoms with Gasteiger partial charge in [-0.3, -0.25) is 0 Å². The molecule has 0 aliphatic rings. The van der Waals surface area contributed by atoms with Crippen molar-refractivity contribution in [1.82, 2.24) is 9.97 Å². The van der Waals surface area contributed by atoms with E-state index in [1.807, 2.05) is 6.20 Å². The number of nitrogens with one attached hydrogen (secondary N) is 1. The molecule has 0 saturated carbocycles. The average Bonchev–Trinajstić information content (AvgIpc) is 2.29. The van der Waals surface area contributed by atoms with Gasteiger partial charge in [0.2, 0.25) is 0 Å². The Morgan fingerprint density at radius 2 is 1.71 bits per heavy atom. The first-order valence-electron chi connectivity index (χ1n) is 5.23. The van der Waals surface area contributed by atoms with Crippen molar-refractivity contribution >= 4 is 0 Å². The van der Waals surface area contributed by atoms with Gasteiger partial charge in [0, 0.05) is 23.7 Å². The first kappa shape index (κ1) is 11.3. The van der Waals surface area contributed by atoms with Crippen LogP contribution in [-0.4, -0.2) is 9.97 Å². The Kier molecular flexibility index (Phi) is 2.75. The minimum Gasteiger partial charge on any atom is -0.345 e. The zero-order valence-corrected chi connectivity index (χ0v) is 10.2. The number of aromatic amines is 1.